The quantitative estimate of drug-likeness (QED) is 0.693. The molecule has 3 aromatic rings. The van der Waals surface area contributed by atoms with Gasteiger partial charge >= 0.3 is 0 Å². The molecule has 0 N–H and O–H groups in total. The molecule has 1 aliphatic heterocycles. The zero-order valence-corrected chi connectivity index (χ0v) is 15.1. The van der Waals surface area contributed by atoms with E-state index in [0.717, 1.165) is 31.5 Å². The number of hydrogen-bond acceptors (Lipinski definition) is 7. The van der Waals surface area contributed by atoms with Crippen LogP contribution in [0.2, 0.25) is 5.02 Å². The van der Waals surface area contributed by atoms with Gasteiger partial charge in [0.1, 0.15) is 0 Å². The van der Waals surface area contributed by atoms with Crippen molar-refractivity contribution in [1.29, 1.82) is 0 Å². The zero-order valence-electron chi connectivity index (χ0n) is 14.3. The van der Waals surface area contributed by atoms with E-state index in [2.05, 4.69) is 25.0 Å². The summed E-state index contributed by atoms with van der Waals surface area (Å²) in [4.78, 5) is 15.5. The third-order valence-corrected chi connectivity index (χ3v) is 4.68. The van der Waals surface area contributed by atoms with Crippen LogP contribution < -0.4 is 9.64 Å². The molecule has 0 spiro atoms. The van der Waals surface area contributed by atoms with E-state index in [1.54, 1.807) is 19.4 Å². The van der Waals surface area contributed by atoms with Crippen LogP contribution in [0.15, 0.2) is 41.1 Å². The van der Waals surface area contributed by atoms with E-state index < -0.39 is 0 Å². The van der Waals surface area contributed by atoms with Gasteiger partial charge in [-0.25, -0.2) is 4.98 Å². The lowest BCUT2D eigenvalue weighted by atomic mass is 9.98. The summed E-state index contributed by atoms with van der Waals surface area (Å²) in [6.07, 6.45) is 3.70. The highest BCUT2D eigenvalue weighted by Crippen LogP contribution is 2.29. The summed E-state index contributed by atoms with van der Waals surface area (Å²) in [7, 11) is 1.60. The first kappa shape index (κ1) is 16.8. The first-order valence-corrected chi connectivity index (χ1v) is 8.82. The van der Waals surface area contributed by atoms with Crippen molar-refractivity contribution in [3.63, 3.8) is 0 Å². The maximum Gasteiger partial charge on any atom is 0.231 e. The summed E-state index contributed by atoms with van der Waals surface area (Å²) in [5.41, 5.74) is 0.883. The lowest BCUT2D eigenvalue weighted by molar-refractivity contribution is 0.332. The van der Waals surface area contributed by atoms with Crippen LogP contribution in [0.4, 0.5) is 5.95 Å². The fourth-order valence-electron chi connectivity index (χ4n) is 3.08. The second-order valence-corrected chi connectivity index (χ2v) is 6.58. The topological polar surface area (TPSA) is 77.2 Å². The van der Waals surface area contributed by atoms with Crippen molar-refractivity contribution < 1.29 is 9.26 Å². The molecule has 134 valence electrons. The fraction of sp³-hybridized carbons (Fsp3) is 0.333. The highest BCUT2D eigenvalue weighted by molar-refractivity contribution is 6.30. The smallest absolute Gasteiger partial charge is 0.231 e. The number of halogens is 1. The van der Waals surface area contributed by atoms with Crippen molar-refractivity contribution in [2.24, 2.45) is 0 Å². The monoisotopic (exact) mass is 371 g/mol. The highest BCUT2D eigenvalue weighted by atomic mass is 35.5. The van der Waals surface area contributed by atoms with E-state index >= 15 is 0 Å². The number of hydrogen-bond donors (Lipinski definition) is 0. The SMILES string of the molecule is COc1ccnc(N2CCCC(c3nc(-c4ccc(Cl)cc4)no3)C2)n1. The molecule has 1 unspecified atom stereocenters. The van der Waals surface area contributed by atoms with Crippen LogP contribution in [-0.2, 0) is 0 Å². The van der Waals surface area contributed by atoms with Gasteiger partial charge in [-0.15, -0.1) is 0 Å². The first-order valence-electron chi connectivity index (χ1n) is 8.44. The van der Waals surface area contributed by atoms with Crippen LogP contribution in [-0.4, -0.2) is 40.3 Å². The summed E-state index contributed by atoms with van der Waals surface area (Å²) in [5.74, 6) is 2.58. The standard InChI is InChI=1S/C18H18ClN5O2/c1-25-15-8-9-20-18(21-15)24-10-2-3-13(11-24)17-22-16(23-26-17)12-4-6-14(19)7-5-12/h4-9,13H,2-3,10-11H2,1H3. The minimum atomic E-state index is 0.145. The van der Waals surface area contributed by atoms with Crippen molar-refractivity contribution in [3.8, 4) is 17.3 Å². The maximum absolute atomic E-state index is 5.93. The molecule has 1 saturated heterocycles. The molecule has 1 fully saturated rings. The third kappa shape index (κ3) is 3.48. The number of methoxy groups -OCH3 is 1. The Morgan fingerprint density at radius 1 is 1.19 bits per heavy atom. The number of rotatable bonds is 4. The molecule has 2 aromatic heterocycles. The first-order chi connectivity index (χ1) is 12.7. The van der Waals surface area contributed by atoms with Crippen LogP contribution in [0.25, 0.3) is 11.4 Å². The van der Waals surface area contributed by atoms with Gasteiger partial charge in [0.2, 0.25) is 23.5 Å². The number of piperidine rings is 1. The lowest BCUT2D eigenvalue weighted by Crippen LogP contribution is -2.35. The van der Waals surface area contributed by atoms with Crippen molar-refractivity contribution in [1.82, 2.24) is 20.1 Å². The van der Waals surface area contributed by atoms with Crippen LogP contribution in [0.5, 0.6) is 5.88 Å². The Labute approximate surface area is 156 Å². The van der Waals surface area contributed by atoms with E-state index in [1.165, 1.54) is 0 Å². The summed E-state index contributed by atoms with van der Waals surface area (Å²) >= 11 is 5.93. The average Bonchev–Trinajstić information content (AvgIpc) is 3.19. The van der Waals surface area contributed by atoms with Gasteiger partial charge in [-0.2, -0.15) is 9.97 Å². The van der Waals surface area contributed by atoms with Crippen LogP contribution >= 0.6 is 11.6 Å². The fourth-order valence-corrected chi connectivity index (χ4v) is 3.20. The van der Waals surface area contributed by atoms with Crippen molar-refractivity contribution in [3.05, 3.63) is 47.4 Å². The zero-order chi connectivity index (χ0) is 17.9. The largest absolute Gasteiger partial charge is 0.481 e. The predicted molar refractivity (Wildman–Crippen MR) is 97.5 cm³/mol. The van der Waals surface area contributed by atoms with E-state index in [1.807, 2.05) is 24.3 Å². The van der Waals surface area contributed by atoms with Crippen molar-refractivity contribution in [2.75, 3.05) is 25.1 Å². The number of benzene rings is 1. The maximum atomic E-state index is 5.93. The van der Waals surface area contributed by atoms with Gasteiger partial charge in [0.15, 0.2) is 0 Å². The van der Waals surface area contributed by atoms with E-state index in [4.69, 9.17) is 20.9 Å². The van der Waals surface area contributed by atoms with Crippen LogP contribution in [0, 0.1) is 0 Å². The Balaban J connectivity index is 1.52. The molecule has 0 aliphatic carbocycles. The average molecular weight is 372 g/mol. The van der Waals surface area contributed by atoms with E-state index in [9.17, 15) is 0 Å². The van der Waals surface area contributed by atoms with Gasteiger partial charge in [0, 0.05) is 35.9 Å². The van der Waals surface area contributed by atoms with Crippen molar-refractivity contribution >= 4 is 17.5 Å². The second-order valence-electron chi connectivity index (χ2n) is 6.15. The Hall–Kier alpha value is -2.67. The number of ether oxygens (including phenoxy) is 1. The molecule has 0 bridgehead atoms. The molecule has 1 atom stereocenters. The van der Waals surface area contributed by atoms with Crippen LogP contribution in [0.3, 0.4) is 0 Å². The number of aromatic nitrogens is 4. The molecule has 0 amide bonds. The summed E-state index contributed by atoms with van der Waals surface area (Å²) in [5, 5.41) is 4.80. The minimum absolute atomic E-state index is 0.145. The highest BCUT2D eigenvalue weighted by Gasteiger charge is 2.27. The lowest BCUT2D eigenvalue weighted by Gasteiger charge is -2.30. The molecule has 26 heavy (non-hydrogen) atoms. The van der Waals surface area contributed by atoms with Crippen LogP contribution in [0.1, 0.15) is 24.7 Å². The third-order valence-electron chi connectivity index (χ3n) is 4.42. The summed E-state index contributed by atoms with van der Waals surface area (Å²) in [6.45, 7) is 1.62. The molecular formula is C18H18ClN5O2. The van der Waals surface area contributed by atoms with Crippen molar-refractivity contribution in [2.45, 2.75) is 18.8 Å². The molecule has 7 nitrogen and oxygen atoms in total. The Bertz CT molecular complexity index is 883. The molecule has 1 aromatic carbocycles. The normalized spacial score (nSPS) is 17.3. The Kier molecular flexibility index (Phi) is 4.71. The number of nitrogens with zero attached hydrogens (tertiary/aromatic N) is 5. The molecule has 8 heteroatoms. The minimum Gasteiger partial charge on any atom is -0.481 e. The Morgan fingerprint density at radius 2 is 2.04 bits per heavy atom. The molecule has 4 rings (SSSR count). The van der Waals surface area contributed by atoms with Gasteiger partial charge in [-0.3, -0.25) is 0 Å². The van der Waals surface area contributed by atoms with E-state index in [-0.39, 0.29) is 5.92 Å². The number of anilines is 1. The van der Waals surface area contributed by atoms with Gasteiger partial charge in [0.25, 0.3) is 0 Å². The van der Waals surface area contributed by atoms with Gasteiger partial charge in [-0.1, -0.05) is 16.8 Å². The molecule has 0 saturated carbocycles. The van der Waals surface area contributed by atoms with E-state index in [0.29, 0.717) is 28.6 Å². The molecule has 1 aliphatic rings. The van der Waals surface area contributed by atoms with Gasteiger partial charge in [0.05, 0.1) is 13.0 Å². The molecule has 0 radical (unpaired) electrons. The Morgan fingerprint density at radius 3 is 2.85 bits per heavy atom. The van der Waals surface area contributed by atoms with Gasteiger partial charge < -0.3 is 14.2 Å². The summed E-state index contributed by atoms with van der Waals surface area (Å²) in [6, 6.07) is 9.13. The molecule has 3 heterocycles. The second kappa shape index (κ2) is 7.29. The van der Waals surface area contributed by atoms with Gasteiger partial charge in [-0.05, 0) is 37.1 Å². The molecular weight excluding hydrogens is 354 g/mol. The predicted octanol–water partition coefficient (Wildman–Crippen LogP) is 3.57. The summed E-state index contributed by atoms with van der Waals surface area (Å²) < 4.78 is 10.7.